The zero-order valence-corrected chi connectivity index (χ0v) is 37.7. The molecule has 1 aromatic heterocycles. The molecule has 1 heterocycles. The van der Waals surface area contributed by atoms with Crippen LogP contribution < -0.4 is 32.7 Å². The van der Waals surface area contributed by atoms with Gasteiger partial charge in [0.15, 0.2) is 0 Å². The van der Waals surface area contributed by atoms with E-state index in [0.29, 0.717) is 11.3 Å². The first-order valence-electron chi connectivity index (χ1n) is 20.7. The number of hydrogen-bond donors (Lipinski definition) is 8. The van der Waals surface area contributed by atoms with E-state index in [1.54, 1.807) is 17.2 Å². The van der Waals surface area contributed by atoms with E-state index in [1.165, 1.54) is 13.8 Å². The fourth-order valence-electron chi connectivity index (χ4n) is 6.76. The van der Waals surface area contributed by atoms with Crippen molar-refractivity contribution in [1.82, 2.24) is 30.7 Å². The molecule has 0 aliphatic carbocycles. The van der Waals surface area contributed by atoms with Crippen molar-refractivity contribution in [3.05, 3.63) is 83.7 Å². The van der Waals surface area contributed by atoms with Crippen LogP contribution in [0.5, 0.6) is 0 Å². The van der Waals surface area contributed by atoms with E-state index < -0.39 is 107 Å². The van der Waals surface area contributed by atoms with Gasteiger partial charge in [0.2, 0.25) is 35.4 Å². The van der Waals surface area contributed by atoms with Crippen molar-refractivity contribution in [2.24, 2.45) is 16.9 Å². The maximum atomic E-state index is 15.3. The third kappa shape index (κ3) is 16.9. The van der Waals surface area contributed by atoms with Crippen LogP contribution in [0.15, 0.2) is 60.8 Å². The number of carboxylic acid groups (broad SMARTS) is 2. The zero-order valence-electron chi connectivity index (χ0n) is 36.9. The van der Waals surface area contributed by atoms with Crippen LogP contribution in [0, 0.1) is 17.0 Å². The lowest BCUT2D eigenvalue weighted by atomic mass is 9.83. The molecule has 0 spiro atoms. The summed E-state index contributed by atoms with van der Waals surface area (Å²) in [4.78, 5) is 101. The van der Waals surface area contributed by atoms with Gasteiger partial charge in [-0.15, -0.1) is 0 Å². The summed E-state index contributed by atoms with van der Waals surface area (Å²) in [6.45, 7) is 8.68. The van der Waals surface area contributed by atoms with Gasteiger partial charge in [0.1, 0.15) is 29.8 Å². The van der Waals surface area contributed by atoms with Crippen molar-refractivity contribution in [2.45, 2.75) is 97.1 Å². The van der Waals surface area contributed by atoms with Crippen LogP contribution in [0.25, 0.3) is 11.1 Å². The molecule has 0 saturated carbocycles. The Labute approximate surface area is 379 Å². The molecule has 3 aromatic rings. The predicted molar refractivity (Wildman–Crippen MR) is 238 cm³/mol. The fourth-order valence-corrected chi connectivity index (χ4v) is 7.57. The normalized spacial score (nSPS) is 13.6. The number of benzene rings is 2. The van der Waals surface area contributed by atoms with Gasteiger partial charge < -0.3 is 52.4 Å². The molecule has 18 nitrogen and oxygen atoms in total. The molecule has 0 unspecified atom stereocenters. The average Bonchev–Trinajstić information content (AvgIpc) is 3.62. The highest BCUT2D eigenvalue weighted by Crippen LogP contribution is 2.41. The number of nitrogens with one attached hydrogen (secondary N) is 4. The van der Waals surface area contributed by atoms with Crippen molar-refractivity contribution in [3.63, 3.8) is 0 Å². The smallest absolute Gasteiger partial charge is 0.326 e. The molecule has 0 fully saturated rings. The number of carbonyl (C=O) groups is 8. The van der Waals surface area contributed by atoms with E-state index in [1.807, 2.05) is 55.7 Å². The summed E-state index contributed by atoms with van der Waals surface area (Å²) in [6.07, 6.45) is 0.170. The summed E-state index contributed by atoms with van der Waals surface area (Å²) in [5.41, 5.74) is 12.0. The van der Waals surface area contributed by atoms with Gasteiger partial charge in [0.25, 0.3) is 0 Å². The molecule has 0 saturated heterocycles. The summed E-state index contributed by atoms with van der Waals surface area (Å²) in [7, 11) is 0. The SMILES string of the molecule is C[C@H](N)C(=O)N[C@H](C)C(=O)N[C@@H](CC(N)=O)C(=O)NCCCN(C(=O)CSCCC(=O)N[C@H](CC(=O)O)C(=O)O)[C@@H](c1cc(-c2cc(F)ccc2F)cn1Cc1ccccc1)C(C)(C)C. The number of thioether (sulfide) groups is 1. The highest BCUT2D eigenvalue weighted by atomic mass is 32.2. The minimum Gasteiger partial charge on any atom is -0.481 e. The summed E-state index contributed by atoms with van der Waals surface area (Å²) in [6, 6.07) is 8.29. The molecule has 2 aromatic carbocycles. The van der Waals surface area contributed by atoms with E-state index in [4.69, 9.17) is 16.6 Å². The molecule has 0 bridgehead atoms. The molecule has 0 aliphatic rings. The average molecular weight is 929 g/mol. The van der Waals surface area contributed by atoms with Crippen LogP contribution >= 0.6 is 11.8 Å². The van der Waals surface area contributed by atoms with E-state index >= 15 is 4.39 Å². The molecule has 354 valence electrons. The highest BCUT2D eigenvalue weighted by molar-refractivity contribution is 7.99. The molecule has 65 heavy (non-hydrogen) atoms. The second kappa shape index (κ2) is 24.6. The lowest BCUT2D eigenvalue weighted by Gasteiger charge is -2.41. The standard InChI is InChI=1S/C44H58F2N8O10S/c1-25(47)40(60)50-26(2)41(61)52-32(20-35(48)55)42(62)49-15-9-16-54(37(57)24-65-17-14-36(56)51-33(43(63)64)21-38(58)59)39(44(3,4)5)34-18-28(30-19-29(45)12-13-31(30)46)23-53(34)22-27-10-7-6-8-11-27/h6-8,10-13,18-19,23,25-26,32-33,39H,9,14-17,20-22,24,47H2,1-5H3,(H2,48,55)(H,49,62)(H,50,60)(H,51,56)(H,52,61)(H,58,59)(H,63,64)/t25-,26+,32-,33+,39-/m0/s1. The van der Waals surface area contributed by atoms with E-state index in [2.05, 4.69) is 21.3 Å². The number of carboxylic acids is 2. The molecule has 6 amide bonds. The molecule has 21 heteroatoms. The van der Waals surface area contributed by atoms with E-state index in [9.17, 15) is 47.9 Å². The highest BCUT2D eigenvalue weighted by Gasteiger charge is 2.37. The Bertz CT molecular complexity index is 2180. The third-order valence-electron chi connectivity index (χ3n) is 9.89. The minimum atomic E-state index is -1.65. The molecule has 0 radical (unpaired) electrons. The second-order valence-electron chi connectivity index (χ2n) is 16.5. The third-order valence-corrected chi connectivity index (χ3v) is 10.8. The van der Waals surface area contributed by atoms with Gasteiger partial charge in [0, 0.05) is 54.8 Å². The summed E-state index contributed by atoms with van der Waals surface area (Å²) in [5.74, 6) is -8.60. The number of aromatic nitrogens is 1. The minimum absolute atomic E-state index is 0.00282. The Morgan fingerprint density at radius 2 is 1.54 bits per heavy atom. The Kier molecular flexibility index (Phi) is 20.1. The van der Waals surface area contributed by atoms with E-state index in [-0.39, 0.29) is 49.5 Å². The quantitative estimate of drug-likeness (QED) is 0.0569. The first-order chi connectivity index (χ1) is 30.5. The number of primary amides is 1. The van der Waals surface area contributed by atoms with Crippen molar-refractivity contribution in [1.29, 1.82) is 0 Å². The van der Waals surface area contributed by atoms with Gasteiger partial charge in [-0.1, -0.05) is 51.1 Å². The number of halogens is 2. The fraction of sp³-hybridized carbons (Fsp3) is 0.455. The number of hydrogen-bond acceptors (Lipinski definition) is 10. The number of nitrogens with zero attached hydrogens (tertiary/aromatic N) is 2. The van der Waals surface area contributed by atoms with Crippen LogP contribution in [0.2, 0.25) is 0 Å². The number of rotatable bonds is 25. The summed E-state index contributed by atoms with van der Waals surface area (Å²) < 4.78 is 31.7. The van der Waals surface area contributed by atoms with Crippen LogP contribution in [0.3, 0.4) is 0 Å². The van der Waals surface area contributed by atoms with Gasteiger partial charge >= 0.3 is 11.9 Å². The van der Waals surface area contributed by atoms with Crippen molar-refractivity contribution < 1.29 is 57.4 Å². The topological polar surface area (TPSA) is 285 Å². The summed E-state index contributed by atoms with van der Waals surface area (Å²) >= 11 is 1.07. The molecular formula is C44H58F2N8O10S. The Balaban J connectivity index is 1.96. The van der Waals surface area contributed by atoms with Gasteiger partial charge in [-0.2, -0.15) is 11.8 Å². The lowest BCUT2D eigenvalue weighted by Crippen LogP contribution is -2.55. The first-order valence-corrected chi connectivity index (χ1v) is 21.9. The molecule has 5 atom stereocenters. The van der Waals surface area contributed by atoms with Gasteiger partial charge in [-0.3, -0.25) is 33.6 Å². The largest absolute Gasteiger partial charge is 0.481 e. The maximum absolute atomic E-state index is 15.3. The van der Waals surface area contributed by atoms with Gasteiger partial charge in [-0.05, 0) is 55.5 Å². The molecule has 3 rings (SSSR count). The van der Waals surface area contributed by atoms with E-state index in [0.717, 1.165) is 35.5 Å². The Hall–Kier alpha value is -6.35. The Morgan fingerprint density at radius 1 is 0.862 bits per heavy atom. The molecule has 10 N–H and O–H groups in total. The number of nitrogens with two attached hydrogens (primary N) is 2. The number of amides is 6. The molecule has 0 aliphatic heterocycles. The second-order valence-corrected chi connectivity index (χ2v) is 17.6. The lowest BCUT2D eigenvalue weighted by molar-refractivity contribution is -0.147. The van der Waals surface area contributed by atoms with Crippen molar-refractivity contribution >= 4 is 59.1 Å². The first kappa shape index (κ1) is 53.0. The zero-order chi connectivity index (χ0) is 48.6. The number of aliphatic carboxylic acids is 2. The number of carbonyl (C=O) groups excluding carboxylic acids is 6. The van der Waals surface area contributed by atoms with Crippen molar-refractivity contribution in [3.8, 4) is 11.1 Å². The van der Waals surface area contributed by atoms with Crippen molar-refractivity contribution in [2.75, 3.05) is 24.6 Å². The Morgan fingerprint density at radius 3 is 2.14 bits per heavy atom. The van der Waals surface area contributed by atoms with Gasteiger partial charge in [0.05, 0.1) is 30.7 Å². The van der Waals surface area contributed by atoms with Crippen LogP contribution in [-0.4, -0.2) is 116 Å². The monoisotopic (exact) mass is 928 g/mol. The van der Waals surface area contributed by atoms with Crippen LogP contribution in [0.4, 0.5) is 8.78 Å². The molecular weight excluding hydrogens is 871 g/mol. The van der Waals surface area contributed by atoms with Gasteiger partial charge in [-0.25, -0.2) is 13.6 Å². The maximum Gasteiger partial charge on any atom is 0.326 e. The predicted octanol–water partition coefficient (Wildman–Crippen LogP) is 2.28. The van der Waals surface area contributed by atoms with Crippen LogP contribution in [0.1, 0.15) is 77.6 Å². The summed E-state index contributed by atoms with van der Waals surface area (Å²) in [5, 5.41) is 28.0. The van der Waals surface area contributed by atoms with Crippen LogP contribution in [-0.2, 0) is 44.9 Å².